The monoisotopic (exact) mass is 445 g/mol. The van der Waals surface area contributed by atoms with Crippen LogP contribution in [-0.4, -0.2) is 43.7 Å². The maximum Gasteiger partial charge on any atom is 0.255 e. The number of carbonyl (C=O) groups excluding carboxylic acids is 3. The Labute approximate surface area is 190 Å². The van der Waals surface area contributed by atoms with Gasteiger partial charge in [0.15, 0.2) is 0 Å². The first-order valence-electron chi connectivity index (χ1n) is 10.9. The maximum absolute atomic E-state index is 12.9. The van der Waals surface area contributed by atoms with Gasteiger partial charge in [0, 0.05) is 17.5 Å². The highest BCUT2D eigenvalue weighted by molar-refractivity contribution is 6.05. The van der Waals surface area contributed by atoms with E-state index in [9.17, 15) is 14.4 Å². The standard InChI is InChI=1S/C24H23N5O4/c1-15(16-6-3-2-4-7-16)29-12-17(26-27-29)14-33-21-9-5-8-18-19(21)13-28(24(18)32)20-10-11-22(30)25-23(20)31/h2-9,12,15,20H,10-11,13-14H2,1H3,(H,25,30,31)/t15-,20?/m1/s1. The van der Waals surface area contributed by atoms with Crippen molar-refractivity contribution in [1.82, 2.24) is 25.2 Å². The van der Waals surface area contributed by atoms with Gasteiger partial charge in [0.25, 0.3) is 5.91 Å². The van der Waals surface area contributed by atoms with E-state index < -0.39 is 11.9 Å². The molecule has 9 nitrogen and oxygen atoms in total. The van der Waals surface area contributed by atoms with E-state index in [0.717, 1.165) is 11.1 Å². The van der Waals surface area contributed by atoms with E-state index in [1.54, 1.807) is 22.9 Å². The summed E-state index contributed by atoms with van der Waals surface area (Å²) in [6.45, 7) is 2.51. The number of aromatic nitrogens is 3. The van der Waals surface area contributed by atoms with Crippen LogP contribution in [0.25, 0.3) is 0 Å². The molecule has 168 valence electrons. The molecule has 2 atom stereocenters. The predicted molar refractivity (Wildman–Crippen MR) is 117 cm³/mol. The van der Waals surface area contributed by atoms with Gasteiger partial charge < -0.3 is 9.64 Å². The third kappa shape index (κ3) is 3.97. The van der Waals surface area contributed by atoms with Crippen LogP contribution in [0.5, 0.6) is 5.75 Å². The second-order valence-corrected chi connectivity index (χ2v) is 8.25. The van der Waals surface area contributed by atoms with Crippen LogP contribution < -0.4 is 10.1 Å². The molecule has 2 aliphatic rings. The van der Waals surface area contributed by atoms with Crippen LogP contribution in [0.15, 0.2) is 54.7 Å². The number of fused-ring (bicyclic) bond motifs is 1. The summed E-state index contributed by atoms with van der Waals surface area (Å²) in [5, 5.41) is 10.8. The minimum absolute atomic E-state index is 0.0353. The van der Waals surface area contributed by atoms with Crippen LogP contribution >= 0.6 is 0 Å². The number of ether oxygens (including phenoxy) is 1. The van der Waals surface area contributed by atoms with Gasteiger partial charge in [-0.15, -0.1) is 5.10 Å². The number of nitrogens with one attached hydrogen (secondary N) is 1. The van der Waals surface area contributed by atoms with Crippen LogP contribution in [0.3, 0.4) is 0 Å². The van der Waals surface area contributed by atoms with Crippen LogP contribution in [0.2, 0.25) is 0 Å². The van der Waals surface area contributed by atoms with Gasteiger partial charge in [0.1, 0.15) is 24.1 Å². The fraction of sp³-hybridized carbons (Fsp3) is 0.292. The summed E-state index contributed by atoms with van der Waals surface area (Å²) in [7, 11) is 0. The van der Waals surface area contributed by atoms with Crippen molar-refractivity contribution in [3.63, 3.8) is 0 Å². The molecule has 2 aliphatic heterocycles. The minimum atomic E-state index is -0.658. The van der Waals surface area contributed by atoms with E-state index in [0.29, 0.717) is 23.4 Å². The lowest BCUT2D eigenvalue weighted by Gasteiger charge is -2.29. The number of benzene rings is 2. The van der Waals surface area contributed by atoms with Gasteiger partial charge in [-0.2, -0.15) is 0 Å². The topological polar surface area (TPSA) is 106 Å². The van der Waals surface area contributed by atoms with Gasteiger partial charge >= 0.3 is 0 Å². The highest BCUT2D eigenvalue weighted by Gasteiger charge is 2.40. The Kier molecular flexibility index (Phi) is 5.37. The Hall–Kier alpha value is -4.01. The van der Waals surface area contributed by atoms with Crippen LogP contribution in [0.4, 0.5) is 0 Å². The fourth-order valence-corrected chi connectivity index (χ4v) is 4.30. The van der Waals surface area contributed by atoms with E-state index in [1.165, 1.54) is 4.90 Å². The maximum atomic E-state index is 12.9. The predicted octanol–water partition coefficient (Wildman–Crippen LogP) is 2.23. The molecule has 1 saturated heterocycles. The van der Waals surface area contributed by atoms with E-state index >= 15 is 0 Å². The lowest BCUT2D eigenvalue weighted by atomic mass is 10.0. The molecule has 3 heterocycles. The van der Waals surface area contributed by atoms with Crippen LogP contribution in [0, 0.1) is 0 Å². The number of hydrogen-bond donors (Lipinski definition) is 1. The summed E-state index contributed by atoms with van der Waals surface area (Å²) in [4.78, 5) is 38.2. The van der Waals surface area contributed by atoms with Crippen molar-refractivity contribution < 1.29 is 19.1 Å². The largest absolute Gasteiger partial charge is 0.487 e. The number of piperidine rings is 1. The first-order valence-corrected chi connectivity index (χ1v) is 10.9. The van der Waals surface area contributed by atoms with Crippen LogP contribution in [0.1, 0.15) is 53.0 Å². The van der Waals surface area contributed by atoms with Crippen molar-refractivity contribution in [2.45, 2.75) is 45.0 Å². The molecule has 1 unspecified atom stereocenters. The minimum Gasteiger partial charge on any atom is -0.487 e. The SMILES string of the molecule is C[C@H](c1ccccc1)n1cc(COc2cccc3c2CN(C2CCC(=O)NC2=O)C3=O)nn1. The summed E-state index contributed by atoms with van der Waals surface area (Å²) in [6, 6.07) is 14.7. The molecule has 9 heteroatoms. The van der Waals surface area contributed by atoms with Crippen molar-refractivity contribution in [3.05, 3.63) is 77.1 Å². The molecule has 1 N–H and O–H groups in total. The normalized spacial score (nSPS) is 18.8. The highest BCUT2D eigenvalue weighted by Crippen LogP contribution is 2.33. The Morgan fingerprint density at radius 1 is 1.12 bits per heavy atom. The fourth-order valence-electron chi connectivity index (χ4n) is 4.30. The van der Waals surface area contributed by atoms with E-state index in [-0.39, 0.29) is 37.4 Å². The average Bonchev–Trinajstić information content (AvgIpc) is 3.43. The lowest BCUT2D eigenvalue weighted by Crippen LogP contribution is -2.52. The molecule has 3 amide bonds. The Balaban J connectivity index is 1.29. The molecule has 33 heavy (non-hydrogen) atoms. The summed E-state index contributed by atoms with van der Waals surface area (Å²) in [5.74, 6) is -0.396. The zero-order valence-corrected chi connectivity index (χ0v) is 18.1. The zero-order valence-electron chi connectivity index (χ0n) is 18.1. The number of hydrogen-bond acceptors (Lipinski definition) is 6. The van der Waals surface area contributed by atoms with Crippen molar-refractivity contribution in [2.24, 2.45) is 0 Å². The molecule has 3 aromatic rings. The second-order valence-electron chi connectivity index (χ2n) is 8.25. The van der Waals surface area contributed by atoms with Crippen molar-refractivity contribution >= 4 is 17.7 Å². The summed E-state index contributed by atoms with van der Waals surface area (Å²) >= 11 is 0. The lowest BCUT2D eigenvalue weighted by molar-refractivity contribution is -0.136. The molecule has 0 radical (unpaired) electrons. The highest BCUT2D eigenvalue weighted by atomic mass is 16.5. The number of imide groups is 1. The summed E-state index contributed by atoms with van der Waals surface area (Å²) in [6.07, 6.45) is 2.39. The molecular formula is C24H23N5O4. The Morgan fingerprint density at radius 3 is 2.73 bits per heavy atom. The number of carbonyl (C=O) groups is 3. The Morgan fingerprint density at radius 2 is 1.94 bits per heavy atom. The number of amides is 3. The smallest absolute Gasteiger partial charge is 0.255 e. The molecule has 0 bridgehead atoms. The van der Waals surface area contributed by atoms with Gasteiger partial charge in [-0.3, -0.25) is 19.7 Å². The molecule has 0 spiro atoms. The molecule has 1 aromatic heterocycles. The number of nitrogens with zero attached hydrogens (tertiary/aromatic N) is 4. The van der Waals surface area contributed by atoms with Gasteiger partial charge in [-0.1, -0.05) is 41.6 Å². The van der Waals surface area contributed by atoms with Crippen LogP contribution in [-0.2, 0) is 22.7 Å². The van der Waals surface area contributed by atoms with Crippen molar-refractivity contribution in [2.75, 3.05) is 0 Å². The second kappa shape index (κ2) is 8.50. The zero-order chi connectivity index (χ0) is 22.9. The first kappa shape index (κ1) is 20.9. The summed E-state index contributed by atoms with van der Waals surface area (Å²) < 4.78 is 7.80. The molecule has 5 rings (SSSR count). The average molecular weight is 445 g/mol. The third-order valence-corrected chi connectivity index (χ3v) is 6.15. The van der Waals surface area contributed by atoms with E-state index in [1.807, 2.05) is 43.5 Å². The molecule has 0 saturated carbocycles. The first-order chi connectivity index (χ1) is 16.0. The van der Waals surface area contributed by atoms with Gasteiger partial charge in [0.2, 0.25) is 11.8 Å². The summed E-state index contributed by atoms with van der Waals surface area (Å²) in [5.41, 5.74) is 3.04. The number of rotatable bonds is 6. The van der Waals surface area contributed by atoms with Gasteiger partial charge in [0.05, 0.1) is 18.8 Å². The molecule has 0 aliphatic carbocycles. The quantitative estimate of drug-likeness (QED) is 0.583. The Bertz CT molecular complexity index is 1220. The van der Waals surface area contributed by atoms with Crippen molar-refractivity contribution in [1.29, 1.82) is 0 Å². The molecule has 2 aromatic carbocycles. The molecular weight excluding hydrogens is 422 g/mol. The molecule has 1 fully saturated rings. The van der Waals surface area contributed by atoms with E-state index in [4.69, 9.17) is 4.74 Å². The third-order valence-electron chi connectivity index (χ3n) is 6.15. The van der Waals surface area contributed by atoms with Crippen molar-refractivity contribution in [3.8, 4) is 5.75 Å². The van der Waals surface area contributed by atoms with Gasteiger partial charge in [-0.05, 0) is 31.0 Å². The van der Waals surface area contributed by atoms with E-state index in [2.05, 4.69) is 15.6 Å². The van der Waals surface area contributed by atoms with Gasteiger partial charge in [-0.25, -0.2) is 4.68 Å².